The van der Waals surface area contributed by atoms with Crippen molar-refractivity contribution in [3.8, 4) is 11.1 Å². The van der Waals surface area contributed by atoms with Crippen LogP contribution < -0.4 is 9.80 Å². The molecule has 9 heteroatoms. The predicted molar refractivity (Wildman–Crippen MR) is 107 cm³/mol. The Morgan fingerprint density at radius 2 is 1.86 bits per heavy atom. The number of carbonyl (C=O) groups excluding carboxylic acids is 1. The van der Waals surface area contributed by atoms with Crippen molar-refractivity contribution in [1.82, 2.24) is 25.2 Å². The maximum Gasteiger partial charge on any atom is 0.266 e. The number of hydrogen-bond acceptors (Lipinski definition) is 7. The lowest BCUT2D eigenvalue weighted by Crippen LogP contribution is -2.37. The second-order valence-corrected chi connectivity index (χ2v) is 7.09. The molecule has 0 N–H and O–H groups in total. The number of anilines is 2. The summed E-state index contributed by atoms with van der Waals surface area (Å²) < 4.78 is 5.34. The maximum atomic E-state index is 12.9. The van der Waals surface area contributed by atoms with Gasteiger partial charge >= 0.3 is 0 Å². The Hall–Kier alpha value is -3.33. The minimum Gasteiger partial charge on any atom is -0.378 e. The van der Waals surface area contributed by atoms with E-state index in [1.54, 1.807) is 12.4 Å². The molecule has 2 aliphatic heterocycles. The number of carbonyl (C=O) groups is 1. The standard InChI is InChI=1S/C20H21N7O2/c28-19(14-27-23-20(22-24-27)25-9-11-29-12-10-25)26-8-5-17-13-16(1-2-18(17)26)15-3-6-21-7-4-15/h1-4,6-7,13H,5,8-12,14H2. The minimum atomic E-state index is -0.0358. The van der Waals surface area contributed by atoms with Crippen molar-refractivity contribution < 1.29 is 9.53 Å². The van der Waals surface area contributed by atoms with Crippen LogP contribution in [0.4, 0.5) is 11.6 Å². The van der Waals surface area contributed by atoms with Crippen LogP contribution in [0.5, 0.6) is 0 Å². The molecule has 1 saturated heterocycles. The van der Waals surface area contributed by atoms with E-state index in [2.05, 4.69) is 26.5 Å². The molecule has 0 saturated carbocycles. The number of pyridine rings is 1. The summed E-state index contributed by atoms with van der Waals surface area (Å²) in [6.45, 7) is 3.51. The summed E-state index contributed by atoms with van der Waals surface area (Å²) in [5.41, 5.74) is 4.39. The number of rotatable bonds is 4. The van der Waals surface area contributed by atoms with Gasteiger partial charge in [0.25, 0.3) is 11.9 Å². The Balaban J connectivity index is 1.29. The van der Waals surface area contributed by atoms with Gasteiger partial charge in [0, 0.05) is 37.7 Å². The number of fused-ring (bicyclic) bond motifs is 1. The molecule has 0 aliphatic carbocycles. The first kappa shape index (κ1) is 17.7. The van der Waals surface area contributed by atoms with Crippen molar-refractivity contribution >= 4 is 17.5 Å². The minimum absolute atomic E-state index is 0.0358. The normalized spacial score (nSPS) is 16.1. The number of aromatic nitrogens is 5. The summed E-state index contributed by atoms with van der Waals surface area (Å²) in [5, 5.41) is 12.5. The summed E-state index contributed by atoms with van der Waals surface area (Å²) in [6.07, 6.45) is 4.41. The van der Waals surface area contributed by atoms with E-state index in [9.17, 15) is 4.79 Å². The van der Waals surface area contributed by atoms with Crippen LogP contribution in [0.3, 0.4) is 0 Å². The number of ether oxygens (including phenoxy) is 1. The highest BCUT2D eigenvalue weighted by molar-refractivity contribution is 5.95. The third kappa shape index (κ3) is 3.56. The van der Waals surface area contributed by atoms with Crippen molar-refractivity contribution in [3.05, 3.63) is 48.3 Å². The van der Waals surface area contributed by atoms with E-state index in [1.807, 2.05) is 34.1 Å². The highest BCUT2D eigenvalue weighted by Gasteiger charge is 2.26. The average Bonchev–Trinajstić information content (AvgIpc) is 3.41. The number of nitrogens with zero attached hydrogens (tertiary/aromatic N) is 7. The fraction of sp³-hybridized carbons (Fsp3) is 0.350. The van der Waals surface area contributed by atoms with Crippen molar-refractivity contribution in [2.75, 3.05) is 42.6 Å². The molecular formula is C20H21N7O2. The molecule has 29 heavy (non-hydrogen) atoms. The highest BCUT2D eigenvalue weighted by Crippen LogP contribution is 2.32. The van der Waals surface area contributed by atoms with Crippen LogP contribution in [-0.2, 0) is 22.5 Å². The molecule has 2 aromatic heterocycles. The van der Waals surface area contributed by atoms with Gasteiger partial charge in [0.2, 0.25) is 0 Å². The van der Waals surface area contributed by atoms with Crippen molar-refractivity contribution in [3.63, 3.8) is 0 Å². The van der Waals surface area contributed by atoms with E-state index in [4.69, 9.17) is 4.74 Å². The quantitative estimate of drug-likeness (QED) is 0.659. The van der Waals surface area contributed by atoms with Crippen LogP contribution in [0.25, 0.3) is 11.1 Å². The van der Waals surface area contributed by atoms with Gasteiger partial charge < -0.3 is 14.5 Å². The molecular weight excluding hydrogens is 370 g/mol. The van der Waals surface area contributed by atoms with Gasteiger partial charge in [-0.25, -0.2) is 0 Å². The molecule has 3 aromatic rings. The molecule has 5 rings (SSSR count). The number of tetrazole rings is 1. The summed E-state index contributed by atoms with van der Waals surface area (Å²) in [7, 11) is 0. The zero-order chi connectivity index (χ0) is 19.6. The lowest BCUT2D eigenvalue weighted by Gasteiger charge is -2.24. The van der Waals surface area contributed by atoms with Gasteiger partial charge in [0.05, 0.1) is 13.2 Å². The molecule has 1 amide bonds. The number of amides is 1. The maximum absolute atomic E-state index is 12.9. The zero-order valence-corrected chi connectivity index (χ0v) is 15.9. The lowest BCUT2D eigenvalue weighted by molar-refractivity contribution is -0.119. The molecule has 0 unspecified atom stereocenters. The fourth-order valence-electron chi connectivity index (χ4n) is 3.78. The lowest BCUT2D eigenvalue weighted by atomic mass is 10.0. The Morgan fingerprint density at radius 3 is 2.69 bits per heavy atom. The molecule has 0 radical (unpaired) electrons. The molecule has 0 bridgehead atoms. The van der Waals surface area contributed by atoms with Gasteiger partial charge in [0.15, 0.2) is 0 Å². The Kier molecular flexibility index (Phi) is 4.65. The Labute approximate surface area is 167 Å². The molecule has 0 spiro atoms. The van der Waals surface area contributed by atoms with E-state index in [1.165, 1.54) is 10.4 Å². The van der Waals surface area contributed by atoms with E-state index in [0.29, 0.717) is 25.7 Å². The summed E-state index contributed by atoms with van der Waals surface area (Å²) in [6, 6.07) is 10.2. The van der Waals surface area contributed by atoms with E-state index >= 15 is 0 Å². The molecule has 4 heterocycles. The molecule has 0 atom stereocenters. The van der Waals surface area contributed by atoms with Crippen LogP contribution in [-0.4, -0.2) is 63.9 Å². The molecule has 2 aliphatic rings. The number of benzene rings is 1. The van der Waals surface area contributed by atoms with Gasteiger partial charge in [-0.05, 0) is 52.6 Å². The van der Waals surface area contributed by atoms with E-state index in [-0.39, 0.29) is 12.5 Å². The summed E-state index contributed by atoms with van der Waals surface area (Å²) in [5.74, 6) is 0.510. The number of hydrogen-bond donors (Lipinski definition) is 0. The van der Waals surface area contributed by atoms with Crippen molar-refractivity contribution in [2.24, 2.45) is 0 Å². The first-order chi connectivity index (χ1) is 14.3. The van der Waals surface area contributed by atoms with Gasteiger partial charge in [-0.3, -0.25) is 9.78 Å². The van der Waals surface area contributed by atoms with Gasteiger partial charge in [-0.1, -0.05) is 11.2 Å². The average molecular weight is 391 g/mol. The summed E-state index contributed by atoms with van der Waals surface area (Å²) >= 11 is 0. The SMILES string of the molecule is O=C(Cn1nnc(N2CCOCC2)n1)N1CCc2cc(-c3ccncc3)ccc21. The number of morpholine rings is 1. The van der Waals surface area contributed by atoms with Crippen molar-refractivity contribution in [2.45, 2.75) is 13.0 Å². The molecule has 1 fully saturated rings. The van der Waals surface area contributed by atoms with Gasteiger partial charge in [0.1, 0.15) is 6.54 Å². The van der Waals surface area contributed by atoms with E-state index in [0.717, 1.165) is 36.3 Å². The third-order valence-corrected chi connectivity index (χ3v) is 5.30. The van der Waals surface area contributed by atoms with Crippen LogP contribution in [0.2, 0.25) is 0 Å². The molecule has 148 valence electrons. The highest BCUT2D eigenvalue weighted by atomic mass is 16.5. The monoisotopic (exact) mass is 391 g/mol. The Morgan fingerprint density at radius 1 is 1.03 bits per heavy atom. The van der Waals surface area contributed by atoms with Crippen molar-refractivity contribution in [1.29, 1.82) is 0 Å². The van der Waals surface area contributed by atoms with Crippen LogP contribution in [0, 0.1) is 0 Å². The van der Waals surface area contributed by atoms with E-state index < -0.39 is 0 Å². The molecule has 1 aromatic carbocycles. The smallest absolute Gasteiger partial charge is 0.266 e. The van der Waals surface area contributed by atoms with Crippen LogP contribution in [0.1, 0.15) is 5.56 Å². The first-order valence-corrected chi connectivity index (χ1v) is 9.72. The van der Waals surface area contributed by atoms with Gasteiger partial charge in [-0.15, -0.1) is 5.10 Å². The summed E-state index contributed by atoms with van der Waals surface area (Å²) in [4.78, 5) is 22.1. The Bertz CT molecular complexity index is 1010. The largest absolute Gasteiger partial charge is 0.378 e. The topological polar surface area (TPSA) is 89.3 Å². The second-order valence-electron chi connectivity index (χ2n) is 7.09. The first-order valence-electron chi connectivity index (χ1n) is 9.72. The predicted octanol–water partition coefficient (Wildman–Crippen LogP) is 1.16. The van der Waals surface area contributed by atoms with Crippen LogP contribution >= 0.6 is 0 Å². The third-order valence-electron chi connectivity index (χ3n) is 5.30. The fourth-order valence-corrected chi connectivity index (χ4v) is 3.78. The van der Waals surface area contributed by atoms with Gasteiger partial charge in [-0.2, -0.15) is 4.80 Å². The second kappa shape index (κ2) is 7.59. The molecule has 9 nitrogen and oxygen atoms in total. The zero-order valence-electron chi connectivity index (χ0n) is 15.9. The van der Waals surface area contributed by atoms with Crippen LogP contribution in [0.15, 0.2) is 42.7 Å².